The molecular formula is C16H24N8. The van der Waals surface area contributed by atoms with Gasteiger partial charge in [-0.05, 0) is 23.6 Å². The second-order valence-corrected chi connectivity index (χ2v) is 6.08. The average molecular weight is 328 g/mol. The summed E-state index contributed by atoms with van der Waals surface area (Å²) >= 11 is 0. The molecule has 1 aliphatic rings. The average Bonchev–Trinajstić information content (AvgIpc) is 3.01. The Bertz CT molecular complexity index is 658. The standard InChI is InChI=1S/C16H24N8/c1-23-21-15(20-22-23)11-18-16(17)19-14-7-9-24(10-8-14)12-13-5-3-2-4-6-13/h2-6,14H,7-12H2,1H3,(H3,17,18,19). The first-order valence-electron chi connectivity index (χ1n) is 8.24. The molecule has 1 aromatic heterocycles. The second kappa shape index (κ2) is 7.87. The van der Waals surface area contributed by atoms with Crippen LogP contribution in [0, 0.1) is 0 Å². The molecule has 0 saturated carbocycles. The molecule has 0 amide bonds. The third-order valence-corrected chi connectivity index (χ3v) is 4.13. The summed E-state index contributed by atoms with van der Waals surface area (Å²) in [6.07, 6.45) is 2.12. The Balaban J connectivity index is 1.41. The Morgan fingerprint density at radius 2 is 2.04 bits per heavy atom. The lowest BCUT2D eigenvalue weighted by Gasteiger charge is -2.32. The summed E-state index contributed by atoms with van der Waals surface area (Å²) in [5, 5.41) is 15.0. The second-order valence-electron chi connectivity index (χ2n) is 6.08. The predicted octanol–water partition coefficient (Wildman–Crippen LogP) is 0.279. The maximum Gasteiger partial charge on any atom is 0.196 e. The molecule has 128 valence electrons. The monoisotopic (exact) mass is 328 g/mol. The van der Waals surface area contributed by atoms with Gasteiger partial charge in [0.25, 0.3) is 0 Å². The third kappa shape index (κ3) is 4.76. The lowest BCUT2D eigenvalue weighted by atomic mass is 10.0. The van der Waals surface area contributed by atoms with E-state index in [1.807, 2.05) is 0 Å². The lowest BCUT2D eigenvalue weighted by molar-refractivity contribution is 0.199. The molecule has 24 heavy (non-hydrogen) atoms. The van der Waals surface area contributed by atoms with E-state index in [9.17, 15) is 0 Å². The van der Waals surface area contributed by atoms with Gasteiger partial charge in [-0.25, -0.2) is 4.99 Å². The van der Waals surface area contributed by atoms with Crippen LogP contribution in [0.4, 0.5) is 0 Å². The summed E-state index contributed by atoms with van der Waals surface area (Å²) in [5.41, 5.74) is 7.32. The van der Waals surface area contributed by atoms with Gasteiger partial charge in [0.15, 0.2) is 11.8 Å². The van der Waals surface area contributed by atoms with Crippen LogP contribution in [0.3, 0.4) is 0 Å². The fourth-order valence-corrected chi connectivity index (χ4v) is 2.87. The van der Waals surface area contributed by atoms with Crippen molar-refractivity contribution < 1.29 is 0 Å². The zero-order valence-corrected chi connectivity index (χ0v) is 14.0. The van der Waals surface area contributed by atoms with Crippen LogP contribution in [-0.4, -0.2) is 50.2 Å². The number of aliphatic imine (C=N–C) groups is 1. The number of nitrogens with zero attached hydrogens (tertiary/aromatic N) is 6. The van der Waals surface area contributed by atoms with E-state index in [1.165, 1.54) is 10.4 Å². The van der Waals surface area contributed by atoms with Gasteiger partial charge in [-0.2, -0.15) is 4.80 Å². The lowest BCUT2D eigenvalue weighted by Crippen LogP contribution is -2.46. The van der Waals surface area contributed by atoms with E-state index < -0.39 is 0 Å². The number of tetrazole rings is 1. The van der Waals surface area contributed by atoms with E-state index in [0.717, 1.165) is 32.5 Å². The highest BCUT2D eigenvalue weighted by Crippen LogP contribution is 2.13. The highest BCUT2D eigenvalue weighted by atomic mass is 15.6. The number of aromatic nitrogens is 4. The predicted molar refractivity (Wildman–Crippen MR) is 92.0 cm³/mol. The largest absolute Gasteiger partial charge is 0.370 e. The minimum atomic E-state index is 0.347. The molecule has 3 rings (SSSR count). The van der Waals surface area contributed by atoms with Crippen LogP contribution in [-0.2, 0) is 20.1 Å². The van der Waals surface area contributed by atoms with Crippen molar-refractivity contribution in [3.63, 3.8) is 0 Å². The summed E-state index contributed by atoms with van der Waals surface area (Å²) in [5.74, 6) is 1.02. The number of hydrogen-bond acceptors (Lipinski definition) is 5. The highest BCUT2D eigenvalue weighted by molar-refractivity contribution is 5.78. The van der Waals surface area contributed by atoms with Crippen molar-refractivity contribution in [2.45, 2.75) is 32.0 Å². The van der Waals surface area contributed by atoms with E-state index in [4.69, 9.17) is 5.73 Å². The van der Waals surface area contributed by atoms with Gasteiger partial charge in [-0.3, -0.25) is 4.90 Å². The molecule has 1 fully saturated rings. The first-order chi connectivity index (χ1) is 11.7. The number of nitrogens with two attached hydrogens (primary N) is 1. The molecule has 2 heterocycles. The normalized spacial score (nSPS) is 17.1. The Morgan fingerprint density at radius 3 is 2.71 bits per heavy atom. The number of rotatable bonds is 5. The molecule has 2 aromatic rings. The van der Waals surface area contributed by atoms with Crippen LogP contribution in [0.1, 0.15) is 24.2 Å². The maximum absolute atomic E-state index is 5.96. The number of aryl methyl sites for hydroxylation is 1. The van der Waals surface area contributed by atoms with Crippen LogP contribution in [0.15, 0.2) is 35.3 Å². The summed E-state index contributed by atoms with van der Waals surface area (Å²) < 4.78 is 0. The van der Waals surface area contributed by atoms with Crippen LogP contribution >= 0.6 is 0 Å². The van der Waals surface area contributed by atoms with Crippen molar-refractivity contribution in [2.75, 3.05) is 13.1 Å². The number of likely N-dealkylation sites (tertiary alicyclic amines) is 1. The van der Waals surface area contributed by atoms with Crippen molar-refractivity contribution >= 4 is 5.96 Å². The molecule has 0 bridgehead atoms. The number of guanidine groups is 1. The summed E-state index contributed by atoms with van der Waals surface area (Å²) in [7, 11) is 1.73. The zero-order valence-electron chi connectivity index (χ0n) is 14.0. The van der Waals surface area contributed by atoms with Crippen molar-refractivity contribution in [1.29, 1.82) is 0 Å². The molecule has 1 aromatic carbocycles. The fraction of sp³-hybridized carbons (Fsp3) is 0.500. The molecule has 0 unspecified atom stereocenters. The van der Waals surface area contributed by atoms with Crippen molar-refractivity contribution in [3.8, 4) is 0 Å². The molecule has 0 spiro atoms. The van der Waals surface area contributed by atoms with Gasteiger partial charge in [-0.1, -0.05) is 30.3 Å². The van der Waals surface area contributed by atoms with E-state index in [2.05, 4.69) is 61.0 Å². The van der Waals surface area contributed by atoms with Gasteiger partial charge in [-0.15, -0.1) is 10.2 Å². The molecule has 0 aliphatic carbocycles. The van der Waals surface area contributed by atoms with Gasteiger partial charge < -0.3 is 11.1 Å². The van der Waals surface area contributed by atoms with E-state index in [0.29, 0.717) is 24.4 Å². The van der Waals surface area contributed by atoms with E-state index >= 15 is 0 Å². The van der Waals surface area contributed by atoms with Crippen LogP contribution in [0.5, 0.6) is 0 Å². The SMILES string of the molecule is Cn1nnc(CN=C(N)NC2CCN(Cc3ccccc3)CC2)n1. The fourth-order valence-electron chi connectivity index (χ4n) is 2.87. The quantitative estimate of drug-likeness (QED) is 0.604. The minimum Gasteiger partial charge on any atom is -0.370 e. The van der Waals surface area contributed by atoms with Crippen LogP contribution in [0.25, 0.3) is 0 Å². The van der Waals surface area contributed by atoms with Crippen LogP contribution < -0.4 is 11.1 Å². The number of piperidine rings is 1. The number of hydrogen-bond donors (Lipinski definition) is 2. The molecular weight excluding hydrogens is 304 g/mol. The maximum atomic E-state index is 5.96. The minimum absolute atomic E-state index is 0.347. The van der Waals surface area contributed by atoms with Crippen molar-refractivity contribution in [3.05, 3.63) is 41.7 Å². The molecule has 0 radical (unpaired) electrons. The Labute approximate surface area is 141 Å². The third-order valence-electron chi connectivity index (χ3n) is 4.13. The van der Waals surface area contributed by atoms with Crippen molar-refractivity contribution in [2.24, 2.45) is 17.8 Å². The first-order valence-corrected chi connectivity index (χ1v) is 8.24. The molecule has 1 saturated heterocycles. The summed E-state index contributed by atoms with van der Waals surface area (Å²) in [6, 6.07) is 11.0. The van der Waals surface area contributed by atoms with Crippen molar-refractivity contribution in [1.82, 2.24) is 30.4 Å². The molecule has 3 N–H and O–H groups in total. The molecule has 8 heteroatoms. The Morgan fingerprint density at radius 1 is 1.29 bits per heavy atom. The van der Waals surface area contributed by atoms with Crippen LogP contribution in [0.2, 0.25) is 0 Å². The topological polar surface area (TPSA) is 97.2 Å². The summed E-state index contributed by atoms with van der Waals surface area (Å²) in [6.45, 7) is 3.48. The Hall–Kier alpha value is -2.48. The van der Waals surface area contributed by atoms with Gasteiger partial charge in [0, 0.05) is 25.7 Å². The van der Waals surface area contributed by atoms with E-state index in [-0.39, 0.29) is 0 Å². The number of nitrogens with one attached hydrogen (secondary N) is 1. The summed E-state index contributed by atoms with van der Waals surface area (Å²) in [4.78, 5) is 8.17. The van der Waals surface area contributed by atoms with E-state index in [1.54, 1.807) is 7.05 Å². The number of benzene rings is 1. The highest BCUT2D eigenvalue weighted by Gasteiger charge is 2.19. The van der Waals surface area contributed by atoms with Gasteiger partial charge in [0.1, 0.15) is 6.54 Å². The van der Waals surface area contributed by atoms with Gasteiger partial charge in [0.05, 0.1) is 7.05 Å². The smallest absolute Gasteiger partial charge is 0.196 e. The zero-order chi connectivity index (χ0) is 16.8. The molecule has 0 atom stereocenters. The molecule has 8 nitrogen and oxygen atoms in total. The Kier molecular flexibility index (Phi) is 5.37. The van der Waals surface area contributed by atoms with Gasteiger partial charge in [0.2, 0.25) is 0 Å². The van der Waals surface area contributed by atoms with Gasteiger partial charge >= 0.3 is 0 Å². The molecule has 1 aliphatic heterocycles. The first kappa shape index (κ1) is 16.4.